The zero-order valence-electron chi connectivity index (χ0n) is 11.3. The van der Waals surface area contributed by atoms with Crippen LogP contribution in [0.3, 0.4) is 0 Å². The summed E-state index contributed by atoms with van der Waals surface area (Å²) < 4.78 is 13.4. The van der Waals surface area contributed by atoms with Crippen LogP contribution < -0.4 is 4.90 Å². The Bertz CT molecular complexity index is 641. The van der Waals surface area contributed by atoms with Crippen molar-refractivity contribution in [2.24, 2.45) is 5.92 Å². The van der Waals surface area contributed by atoms with E-state index in [0.29, 0.717) is 10.8 Å². The molecule has 1 aliphatic rings. The van der Waals surface area contributed by atoms with Crippen LogP contribution in [0.1, 0.15) is 25.7 Å². The van der Waals surface area contributed by atoms with Gasteiger partial charge in [-0.25, -0.2) is 9.37 Å². The van der Waals surface area contributed by atoms with E-state index >= 15 is 0 Å². The molecular weight excluding hydrogens is 311 g/mol. The molecule has 0 saturated heterocycles. The summed E-state index contributed by atoms with van der Waals surface area (Å²) >= 11 is 7.23. The summed E-state index contributed by atoms with van der Waals surface area (Å²) in [5.74, 6) is -0.462. The Balaban J connectivity index is 1.99. The van der Waals surface area contributed by atoms with Crippen molar-refractivity contribution in [1.82, 2.24) is 4.98 Å². The fourth-order valence-corrected chi connectivity index (χ4v) is 3.48. The molecule has 1 amide bonds. The van der Waals surface area contributed by atoms with Gasteiger partial charge in [0.2, 0.25) is 5.91 Å². The first-order valence-electron chi connectivity index (χ1n) is 6.85. The second-order valence-corrected chi connectivity index (χ2v) is 6.35. The zero-order chi connectivity index (χ0) is 14.8. The third-order valence-corrected chi connectivity index (χ3v) is 4.74. The highest BCUT2D eigenvalue weighted by atomic mass is 35.5. The molecule has 6 heteroatoms. The van der Waals surface area contributed by atoms with Crippen LogP contribution in [0, 0.1) is 11.7 Å². The fraction of sp³-hybridized carbons (Fsp3) is 0.333. The first-order valence-corrected chi connectivity index (χ1v) is 8.11. The number of rotatable bonds is 3. The minimum Gasteiger partial charge on any atom is -0.274 e. The van der Waals surface area contributed by atoms with E-state index in [1.54, 1.807) is 17.2 Å². The van der Waals surface area contributed by atoms with Gasteiger partial charge in [-0.3, -0.25) is 9.69 Å². The van der Waals surface area contributed by atoms with Crippen LogP contribution >= 0.6 is 22.9 Å². The van der Waals surface area contributed by atoms with Crippen LogP contribution in [-0.4, -0.2) is 10.9 Å². The molecule has 0 aliphatic heterocycles. The lowest BCUT2D eigenvalue weighted by molar-refractivity contribution is -0.121. The average molecular weight is 325 g/mol. The number of hydrogen-bond donors (Lipinski definition) is 0. The van der Waals surface area contributed by atoms with E-state index in [9.17, 15) is 9.18 Å². The summed E-state index contributed by atoms with van der Waals surface area (Å²) in [4.78, 5) is 18.6. The molecule has 1 aromatic heterocycles. The molecule has 1 heterocycles. The molecule has 0 unspecified atom stereocenters. The van der Waals surface area contributed by atoms with E-state index < -0.39 is 5.82 Å². The lowest BCUT2D eigenvalue weighted by Crippen LogP contribution is -2.31. The third-order valence-electron chi connectivity index (χ3n) is 3.70. The molecule has 21 heavy (non-hydrogen) atoms. The summed E-state index contributed by atoms with van der Waals surface area (Å²) in [5, 5.41) is 2.41. The van der Waals surface area contributed by atoms with Gasteiger partial charge < -0.3 is 0 Å². The maximum absolute atomic E-state index is 13.4. The highest BCUT2D eigenvalue weighted by Gasteiger charge is 2.30. The van der Waals surface area contributed by atoms with Crippen molar-refractivity contribution in [2.45, 2.75) is 25.7 Å². The number of amides is 1. The minimum absolute atomic E-state index is 0.00766. The van der Waals surface area contributed by atoms with Crippen LogP contribution in [0.4, 0.5) is 15.2 Å². The van der Waals surface area contributed by atoms with Crippen molar-refractivity contribution in [1.29, 1.82) is 0 Å². The first kappa shape index (κ1) is 14.5. The Morgan fingerprint density at radius 1 is 1.38 bits per heavy atom. The standard InChI is InChI=1S/C15H14ClFN2OS/c16-12-9-11(5-6-13(12)17)19(15-18-7-8-21-15)14(20)10-3-1-2-4-10/h5-10H,1-4H2. The van der Waals surface area contributed by atoms with Crippen LogP contribution in [0.2, 0.25) is 5.02 Å². The van der Waals surface area contributed by atoms with E-state index in [2.05, 4.69) is 4.98 Å². The van der Waals surface area contributed by atoms with Gasteiger partial charge >= 0.3 is 0 Å². The number of halogens is 2. The van der Waals surface area contributed by atoms with Crippen LogP contribution in [0.5, 0.6) is 0 Å². The predicted molar refractivity (Wildman–Crippen MR) is 82.6 cm³/mol. The normalized spacial score (nSPS) is 15.3. The summed E-state index contributed by atoms with van der Waals surface area (Å²) in [6, 6.07) is 4.32. The number of hydrogen-bond acceptors (Lipinski definition) is 3. The van der Waals surface area contributed by atoms with Crippen molar-refractivity contribution in [2.75, 3.05) is 4.90 Å². The molecule has 1 aromatic carbocycles. The predicted octanol–water partition coefficient (Wildman–Crippen LogP) is 4.79. The SMILES string of the molecule is O=C(C1CCCC1)N(c1ccc(F)c(Cl)c1)c1nccs1. The summed E-state index contributed by atoms with van der Waals surface area (Å²) in [6.07, 6.45) is 5.60. The maximum Gasteiger partial charge on any atom is 0.236 e. The molecule has 3 nitrogen and oxygen atoms in total. The molecule has 3 rings (SSSR count). The van der Waals surface area contributed by atoms with Crippen molar-refractivity contribution in [3.63, 3.8) is 0 Å². The van der Waals surface area contributed by atoms with Crippen molar-refractivity contribution < 1.29 is 9.18 Å². The van der Waals surface area contributed by atoms with E-state index in [4.69, 9.17) is 11.6 Å². The Labute approximate surface area is 131 Å². The summed E-state index contributed by atoms with van der Waals surface area (Å²) in [5.41, 5.74) is 0.563. The zero-order valence-corrected chi connectivity index (χ0v) is 12.8. The van der Waals surface area contributed by atoms with E-state index in [1.165, 1.54) is 23.5 Å². The molecule has 110 valence electrons. The molecule has 0 atom stereocenters. The Kier molecular flexibility index (Phi) is 4.22. The molecule has 1 fully saturated rings. The largest absolute Gasteiger partial charge is 0.274 e. The van der Waals surface area contributed by atoms with Gasteiger partial charge in [0.25, 0.3) is 0 Å². The molecule has 1 aliphatic carbocycles. The van der Waals surface area contributed by atoms with Crippen molar-refractivity contribution in [3.8, 4) is 0 Å². The molecular formula is C15H14ClFN2OS. The first-order chi connectivity index (χ1) is 10.2. The lowest BCUT2D eigenvalue weighted by Gasteiger charge is -2.23. The molecule has 1 saturated carbocycles. The van der Waals surface area contributed by atoms with Gasteiger partial charge in [0.05, 0.1) is 10.7 Å². The quantitative estimate of drug-likeness (QED) is 0.813. The number of carbonyl (C=O) groups is 1. The average Bonchev–Trinajstić information content (AvgIpc) is 3.15. The second kappa shape index (κ2) is 6.12. The van der Waals surface area contributed by atoms with Gasteiger partial charge in [0.1, 0.15) is 5.82 Å². The maximum atomic E-state index is 13.4. The Hall–Kier alpha value is -1.46. The highest BCUT2D eigenvalue weighted by molar-refractivity contribution is 7.13. The Morgan fingerprint density at radius 2 is 2.14 bits per heavy atom. The van der Waals surface area contributed by atoms with Gasteiger partial charge in [0, 0.05) is 17.5 Å². The van der Waals surface area contributed by atoms with Crippen molar-refractivity contribution in [3.05, 3.63) is 40.6 Å². The lowest BCUT2D eigenvalue weighted by atomic mass is 10.1. The highest BCUT2D eigenvalue weighted by Crippen LogP contribution is 2.35. The van der Waals surface area contributed by atoms with Crippen molar-refractivity contribution >= 4 is 39.7 Å². The van der Waals surface area contributed by atoms with Crippen LogP contribution in [0.15, 0.2) is 29.8 Å². The molecule has 0 radical (unpaired) electrons. The number of thiazole rings is 1. The van der Waals surface area contributed by atoms with Gasteiger partial charge in [-0.2, -0.15) is 0 Å². The number of carbonyl (C=O) groups excluding carboxylic acids is 1. The topological polar surface area (TPSA) is 33.2 Å². The molecule has 0 spiro atoms. The minimum atomic E-state index is -0.493. The van der Waals surface area contributed by atoms with Crippen LogP contribution in [-0.2, 0) is 4.79 Å². The van der Waals surface area contributed by atoms with Gasteiger partial charge in [0.15, 0.2) is 5.13 Å². The monoisotopic (exact) mass is 324 g/mol. The van der Waals surface area contributed by atoms with E-state index in [1.807, 2.05) is 5.38 Å². The van der Waals surface area contributed by atoms with Crippen LogP contribution in [0.25, 0.3) is 0 Å². The van der Waals surface area contributed by atoms with Gasteiger partial charge in [-0.05, 0) is 31.0 Å². The van der Waals surface area contributed by atoms with E-state index in [-0.39, 0.29) is 16.8 Å². The van der Waals surface area contributed by atoms with Gasteiger partial charge in [-0.15, -0.1) is 11.3 Å². The van der Waals surface area contributed by atoms with E-state index in [0.717, 1.165) is 25.7 Å². The third kappa shape index (κ3) is 2.94. The molecule has 0 N–H and O–H groups in total. The number of nitrogens with zero attached hydrogens (tertiary/aromatic N) is 2. The molecule has 0 bridgehead atoms. The number of anilines is 2. The fourth-order valence-electron chi connectivity index (χ4n) is 2.64. The number of benzene rings is 1. The smallest absolute Gasteiger partial charge is 0.236 e. The number of aromatic nitrogens is 1. The summed E-state index contributed by atoms with van der Waals surface area (Å²) in [7, 11) is 0. The second-order valence-electron chi connectivity index (χ2n) is 5.07. The molecule has 2 aromatic rings. The summed E-state index contributed by atoms with van der Waals surface area (Å²) in [6.45, 7) is 0. The Morgan fingerprint density at radius 3 is 2.76 bits per heavy atom. The van der Waals surface area contributed by atoms with Gasteiger partial charge in [-0.1, -0.05) is 24.4 Å².